The van der Waals surface area contributed by atoms with Crippen LogP contribution in [0.15, 0.2) is 235 Å². The summed E-state index contributed by atoms with van der Waals surface area (Å²) >= 11 is 0. The van der Waals surface area contributed by atoms with E-state index in [-0.39, 0.29) is 0 Å². The first-order valence-electron chi connectivity index (χ1n) is 23.0. The van der Waals surface area contributed by atoms with Crippen LogP contribution in [0.3, 0.4) is 0 Å². The lowest BCUT2D eigenvalue weighted by molar-refractivity contribution is 0.659. The van der Waals surface area contributed by atoms with Crippen molar-refractivity contribution in [2.24, 2.45) is 11.8 Å². The molecule has 2 heteroatoms. The van der Waals surface area contributed by atoms with E-state index in [1.54, 1.807) is 0 Å². The molecular weight excluding hydrogens is 773 g/mol. The Bertz CT molecular complexity index is 3570. The number of hydrogen-bond acceptors (Lipinski definition) is 1. The van der Waals surface area contributed by atoms with E-state index >= 15 is 0 Å². The first kappa shape index (κ1) is 36.9. The van der Waals surface area contributed by atoms with E-state index in [1.807, 2.05) is 0 Å². The van der Waals surface area contributed by atoms with Crippen molar-refractivity contribution in [2.75, 3.05) is 4.90 Å². The Balaban J connectivity index is 1.08. The van der Waals surface area contributed by atoms with Crippen molar-refractivity contribution in [3.63, 3.8) is 0 Å². The van der Waals surface area contributed by atoms with Crippen LogP contribution in [-0.4, -0.2) is 4.57 Å². The second-order valence-corrected chi connectivity index (χ2v) is 17.8. The monoisotopic (exact) mass is 818 g/mol. The van der Waals surface area contributed by atoms with E-state index in [2.05, 4.69) is 228 Å². The molecule has 2 nitrogen and oxygen atoms in total. The summed E-state index contributed by atoms with van der Waals surface area (Å²) < 4.78 is 2.47. The molecule has 304 valence electrons. The van der Waals surface area contributed by atoms with Crippen LogP contribution in [0.25, 0.3) is 65.7 Å². The molecule has 0 amide bonds. The van der Waals surface area contributed by atoms with Crippen molar-refractivity contribution in [1.29, 1.82) is 0 Å². The Morgan fingerprint density at radius 2 is 1.25 bits per heavy atom. The normalized spacial score (nSPS) is 19.2. The summed E-state index contributed by atoms with van der Waals surface area (Å²) in [5.74, 6) is 0.747. The van der Waals surface area contributed by atoms with E-state index < -0.39 is 0 Å². The third-order valence-corrected chi connectivity index (χ3v) is 14.1. The number of hydrogen-bond donors (Lipinski definition) is 0. The first-order valence-corrected chi connectivity index (χ1v) is 23.0. The van der Waals surface area contributed by atoms with E-state index in [0.717, 1.165) is 42.7 Å². The fourth-order valence-corrected chi connectivity index (χ4v) is 11.2. The number of allylic oxidation sites excluding steroid dienone is 17. The lowest BCUT2D eigenvalue weighted by Crippen LogP contribution is -2.13. The van der Waals surface area contributed by atoms with Crippen LogP contribution >= 0.6 is 0 Å². The molecule has 1 aromatic heterocycles. The van der Waals surface area contributed by atoms with Gasteiger partial charge in [-0.1, -0.05) is 170 Å². The van der Waals surface area contributed by atoms with Gasteiger partial charge in [0.2, 0.25) is 0 Å². The van der Waals surface area contributed by atoms with Gasteiger partial charge in [0, 0.05) is 45.1 Å². The van der Waals surface area contributed by atoms with Gasteiger partial charge < -0.3 is 9.47 Å². The highest BCUT2D eigenvalue weighted by molar-refractivity contribution is 6.16. The number of para-hydroxylation sites is 1. The number of anilines is 3. The van der Waals surface area contributed by atoms with Crippen molar-refractivity contribution in [3.8, 4) is 11.1 Å². The molecule has 0 saturated heterocycles. The van der Waals surface area contributed by atoms with Gasteiger partial charge in [-0.3, -0.25) is 0 Å². The summed E-state index contributed by atoms with van der Waals surface area (Å²) in [4.78, 5) is 2.53. The van der Waals surface area contributed by atoms with Crippen LogP contribution in [0.2, 0.25) is 0 Å². The van der Waals surface area contributed by atoms with Crippen molar-refractivity contribution < 1.29 is 0 Å². The molecule has 0 radical (unpaired) electrons. The topological polar surface area (TPSA) is 8.17 Å². The summed E-state index contributed by atoms with van der Waals surface area (Å²) in [5.41, 5.74) is 17.7. The molecule has 13 rings (SSSR count). The van der Waals surface area contributed by atoms with Gasteiger partial charge in [0.15, 0.2) is 0 Å². The molecule has 8 aromatic rings. The number of fused-ring (bicyclic) bond motifs is 10. The van der Waals surface area contributed by atoms with Crippen molar-refractivity contribution >= 4 is 71.7 Å². The maximum absolute atomic E-state index is 2.53. The molecule has 2 unspecified atom stereocenters. The zero-order chi connectivity index (χ0) is 42.1. The molecule has 64 heavy (non-hydrogen) atoms. The van der Waals surface area contributed by atoms with Crippen LogP contribution in [0, 0.1) is 11.8 Å². The summed E-state index contributed by atoms with van der Waals surface area (Å²) in [6, 6.07) is 52.6. The molecule has 0 bridgehead atoms. The zero-order valence-corrected chi connectivity index (χ0v) is 35.7. The van der Waals surface area contributed by atoms with E-state index in [0.29, 0.717) is 11.8 Å². The molecule has 0 saturated carbocycles. The number of aromatic nitrogens is 1. The van der Waals surface area contributed by atoms with Crippen LogP contribution < -0.4 is 4.90 Å². The lowest BCUT2D eigenvalue weighted by atomic mass is 9.83. The molecule has 0 spiro atoms. The molecule has 5 aliphatic carbocycles. The van der Waals surface area contributed by atoms with Gasteiger partial charge in [0.05, 0.1) is 16.7 Å². The summed E-state index contributed by atoms with van der Waals surface area (Å²) in [6.45, 7) is 0. The molecule has 1 heterocycles. The lowest BCUT2D eigenvalue weighted by Gasteiger charge is -2.29. The minimum absolute atomic E-state index is 0.346. The third-order valence-electron chi connectivity index (χ3n) is 14.1. The van der Waals surface area contributed by atoms with Gasteiger partial charge in [0.25, 0.3) is 0 Å². The minimum Gasteiger partial charge on any atom is -0.310 e. The van der Waals surface area contributed by atoms with Crippen LogP contribution in [-0.2, 0) is 0 Å². The second kappa shape index (κ2) is 15.0. The molecular formula is C62H46N2. The van der Waals surface area contributed by atoms with Crippen molar-refractivity contribution in [2.45, 2.75) is 25.7 Å². The van der Waals surface area contributed by atoms with Crippen molar-refractivity contribution in [1.82, 2.24) is 4.57 Å². The molecule has 2 atom stereocenters. The van der Waals surface area contributed by atoms with Crippen LogP contribution in [0.5, 0.6) is 0 Å². The maximum atomic E-state index is 2.53. The SMILES string of the molecule is C1=CCCC(/C(C2=CCCC=C2)=C2/c3ccccc3-c3ccc(N(c4ccc5c(c4)c4ccccc4n5C4=CC5C=CC=CC5C=C4)c4cc5ccccc5c5ccccc45)cc32)=C1. The highest BCUT2D eigenvalue weighted by Crippen LogP contribution is 2.52. The molecule has 5 aliphatic rings. The predicted molar refractivity (Wildman–Crippen MR) is 272 cm³/mol. The van der Waals surface area contributed by atoms with E-state index in [9.17, 15) is 0 Å². The summed E-state index contributed by atoms with van der Waals surface area (Å²) in [7, 11) is 0. The Morgan fingerprint density at radius 3 is 2.11 bits per heavy atom. The highest BCUT2D eigenvalue weighted by Gasteiger charge is 2.31. The standard InChI is InChI=1S/C62H46N2/c1-3-18-42(19-4-1)61(43-20-5-2-6-21-43)62-55-29-14-12-26-51(55)52-35-33-47(40-57(52)62)63(60-38-45-23-9-10-24-49(45)50-25-11-13-27-53(50)60)48-34-36-59-56(39-48)54-28-15-16-30-58(54)64(59)46-32-31-41-17-7-8-22-44(41)37-46/h1,3,5,7-18,20-41,44H,2,4,6,19H2/b62-61+. The Kier molecular flexibility index (Phi) is 8.65. The molecule has 0 N–H and O–H groups in total. The fraction of sp³-hybridized carbons (Fsp3) is 0.0968. The Labute approximate surface area is 374 Å². The van der Waals surface area contributed by atoms with Gasteiger partial charge in [-0.25, -0.2) is 0 Å². The maximum Gasteiger partial charge on any atom is 0.0546 e. The van der Waals surface area contributed by atoms with Gasteiger partial charge in [-0.05, 0) is 135 Å². The van der Waals surface area contributed by atoms with Gasteiger partial charge in [-0.15, -0.1) is 0 Å². The smallest absolute Gasteiger partial charge is 0.0546 e. The van der Waals surface area contributed by atoms with E-state index in [4.69, 9.17) is 0 Å². The Hall–Kier alpha value is -7.68. The zero-order valence-electron chi connectivity index (χ0n) is 35.7. The molecule has 0 fully saturated rings. The average molecular weight is 819 g/mol. The van der Waals surface area contributed by atoms with Crippen LogP contribution in [0.1, 0.15) is 36.8 Å². The number of nitrogens with zero attached hydrogens (tertiary/aromatic N) is 2. The number of benzene rings is 7. The average Bonchev–Trinajstić information content (AvgIpc) is 3.87. The molecule has 7 aromatic carbocycles. The Morgan fingerprint density at radius 1 is 0.516 bits per heavy atom. The van der Waals surface area contributed by atoms with Crippen LogP contribution in [0.4, 0.5) is 17.1 Å². The first-order chi connectivity index (χ1) is 31.8. The number of rotatable bonds is 6. The third kappa shape index (κ3) is 5.86. The summed E-state index contributed by atoms with van der Waals surface area (Å²) in [6.07, 6.45) is 34.5. The highest BCUT2D eigenvalue weighted by atomic mass is 15.1. The largest absolute Gasteiger partial charge is 0.310 e. The van der Waals surface area contributed by atoms with Crippen molar-refractivity contribution in [3.05, 3.63) is 246 Å². The van der Waals surface area contributed by atoms with Gasteiger partial charge in [-0.2, -0.15) is 0 Å². The van der Waals surface area contributed by atoms with Gasteiger partial charge >= 0.3 is 0 Å². The van der Waals surface area contributed by atoms with E-state index in [1.165, 1.54) is 93.6 Å². The van der Waals surface area contributed by atoms with Gasteiger partial charge in [0.1, 0.15) is 0 Å². The fourth-order valence-electron chi connectivity index (χ4n) is 11.2. The predicted octanol–water partition coefficient (Wildman–Crippen LogP) is 16.7. The quantitative estimate of drug-likeness (QED) is 0.152. The summed E-state index contributed by atoms with van der Waals surface area (Å²) in [5, 5.41) is 7.46. The molecule has 0 aliphatic heterocycles. The second-order valence-electron chi connectivity index (χ2n) is 17.8. The minimum atomic E-state index is 0.346.